The summed E-state index contributed by atoms with van der Waals surface area (Å²) in [6.45, 7) is 1.20. The molecule has 1 aromatic heterocycles. The molecule has 4 aliphatic rings. The summed E-state index contributed by atoms with van der Waals surface area (Å²) in [5.41, 5.74) is 4.99. The van der Waals surface area contributed by atoms with Crippen molar-refractivity contribution in [3.8, 4) is 5.75 Å². The lowest BCUT2D eigenvalue weighted by molar-refractivity contribution is -0.126. The maximum atomic E-state index is 13.2. The molecule has 0 unspecified atom stereocenters. The molecule has 3 fully saturated rings. The van der Waals surface area contributed by atoms with Crippen LogP contribution in [0.5, 0.6) is 5.75 Å². The minimum atomic E-state index is -0.911. The third kappa shape index (κ3) is 2.90. The number of imide groups is 1. The van der Waals surface area contributed by atoms with Crippen LogP contribution in [0.25, 0.3) is 5.70 Å². The Morgan fingerprint density at radius 2 is 2.10 bits per heavy atom. The number of nitrogens with one attached hydrogen (secondary N) is 1. The normalized spacial score (nSPS) is 25.0. The van der Waals surface area contributed by atoms with Crippen molar-refractivity contribution in [2.75, 3.05) is 13.7 Å². The molecule has 0 bridgehead atoms. The number of hydrogen-bond donors (Lipinski definition) is 1. The zero-order chi connectivity index (χ0) is 21.2. The van der Waals surface area contributed by atoms with Crippen LogP contribution in [0.1, 0.15) is 61.3 Å². The standard InChI is InChI=1S/C24H26N4O3/c1-31-19-8-7-16-12-27(22(15-5-6-15)20(16)9-19)14-24(10-21(29)26-23(24)30)17-11-25-28(13-17)18-3-2-4-18/h7-9,11,13,18H,2-6,10,12,14H2,1H3,(H,26,29,30)/t24-/m1/s1. The first kappa shape index (κ1) is 18.7. The van der Waals surface area contributed by atoms with Crippen LogP contribution in [0.4, 0.5) is 0 Å². The Kier molecular flexibility index (Phi) is 4.04. The largest absolute Gasteiger partial charge is 0.497 e. The highest BCUT2D eigenvalue weighted by Gasteiger charge is 2.51. The number of ether oxygens (including phenoxy) is 1. The smallest absolute Gasteiger partial charge is 0.239 e. The quantitative estimate of drug-likeness (QED) is 0.756. The number of rotatable bonds is 5. The molecule has 1 saturated heterocycles. The average Bonchev–Trinajstić information content (AvgIpc) is 3.20. The lowest BCUT2D eigenvalue weighted by Crippen LogP contribution is -2.44. The van der Waals surface area contributed by atoms with Gasteiger partial charge in [-0.15, -0.1) is 0 Å². The Morgan fingerprint density at radius 1 is 1.26 bits per heavy atom. The van der Waals surface area contributed by atoms with Crippen LogP contribution in [0.15, 0.2) is 36.2 Å². The lowest BCUT2D eigenvalue weighted by Gasteiger charge is -2.32. The minimum Gasteiger partial charge on any atom is -0.497 e. The van der Waals surface area contributed by atoms with Gasteiger partial charge in [-0.2, -0.15) is 5.10 Å². The van der Waals surface area contributed by atoms with Gasteiger partial charge in [-0.1, -0.05) is 6.07 Å². The molecule has 2 aliphatic carbocycles. The highest BCUT2D eigenvalue weighted by atomic mass is 16.5. The van der Waals surface area contributed by atoms with Gasteiger partial charge in [0.25, 0.3) is 0 Å². The fourth-order valence-electron chi connectivity index (χ4n) is 5.20. The maximum Gasteiger partial charge on any atom is 0.239 e. The second-order valence-electron chi connectivity index (χ2n) is 9.26. The Morgan fingerprint density at radius 3 is 2.74 bits per heavy atom. The molecule has 1 aromatic carbocycles. The number of fused-ring (bicyclic) bond motifs is 1. The van der Waals surface area contributed by atoms with Gasteiger partial charge < -0.3 is 9.64 Å². The number of carbonyl (C=O) groups excluding carboxylic acids is 2. The van der Waals surface area contributed by atoms with E-state index < -0.39 is 5.41 Å². The van der Waals surface area contributed by atoms with Gasteiger partial charge in [0.15, 0.2) is 0 Å². The molecule has 2 aliphatic heterocycles. The molecular weight excluding hydrogens is 392 g/mol. The molecule has 7 heteroatoms. The first-order valence-corrected chi connectivity index (χ1v) is 11.1. The Balaban J connectivity index is 1.38. The molecule has 2 amide bonds. The summed E-state index contributed by atoms with van der Waals surface area (Å²) < 4.78 is 7.44. The Hall–Kier alpha value is -3.09. The number of aromatic nitrogens is 2. The van der Waals surface area contributed by atoms with Crippen molar-refractivity contribution in [2.24, 2.45) is 0 Å². The Labute approximate surface area is 181 Å². The van der Waals surface area contributed by atoms with Crippen molar-refractivity contribution in [1.82, 2.24) is 20.0 Å². The summed E-state index contributed by atoms with van der Waals surface area (Å²) in [7, 11) is 1.68. The van der Waals surface area contributed by atoms with Gasteiger partial charge in [-0.25, -0.2) is 0 Å². The van der Waals surface area contributed by atoms with E-state index in [-0.39, 0.29) is 18.2 Å². The number of methoxy groups -OCH3 is 1. The van der Waals surface area contributed by atoms with Gasteiger partial charge in [-0.3, -0.25) is 19.6 Å². The summed E-state index contributed by atoms with van der Waals surface area (Å²) in [5.74, 6) is 0.421. The molecule has 2 aromatic rings. The summed E-state index contributed by atoms with van der Waals surface area (Å²) >= 11 is 0. The van der Waals surface area contributed by atoms with Gasteiger partial charge in [0.1, 0.15) is 11.2 Å². The van der Waals surface area contributed by atoms with Crippen molar-refractivity contribution in [3.05, 3.63) is 52.9 Å². The number of carbonyl (C=O) groups is 2. The topological polar surface area (TPSA) is 76.5 Å². The first-order valence-electron chi connectivity index (χ1n) is 11.1. The van der Waals surface area contributed by atoms with Gasteiger partial charge in [0.2, 0.25) is 11.8 Å². The minimum absolute atomic E-state index is 0.168. The van der Waals surface area contributed by atoms with E-state index in [1.54, 1.807) is 13.3 Å². The van der Waals surface area contributed by atoms with E-state index in [0.717, 1.165) is 43.5 Å². The van der Waals surface area contributed by atoms with Gasteiger partial charge in [0.05, 0.1) is 19.3 Å². The predicted molar refractivity (Wildman–Crippen MR) is 114 cm³/mol. The van der Waals surface area contributed by atoms with Gasteiger partial charge in [0, 0.05) is 42.5 Å². The summed E-state index contributed by atoms with van der Waals surface area (Å²) in [6.07, 6.45) is 9.60. The summed E-state index contributed by atoms with van der Waals surface area (Å²) in [6, 6.07) is 6.61. The van der Waals surface area contributed by atoms with Crippen LogP contribution in [-0.4, -0.2) is 40.1 Å². The molecule has 160 valence electrons. The number of amides is 2. The number of nitrogens with zero attached hydrogens (tertiary/aromatic N) is 3. The van der Waals surface area contributed by atoms with Crippen LogP contribution in [0.3, 0.4) is 0 Å². The molecule has 1 atom stereocenters. The first-order chi connectivity index (χ1) is 15.1. The predicted octanol–water partition coefficient (Wildman–Crippen LogP) is 2.92. The van der Waals surface area contributed by atoms with Crippen molar-refractivity contribution in [2.45, 2.75) is 56.5 Å². The number of hydrogen-bond acceptors (Lipinski definition) is 5. The zero-order valence-electron chi connectivity index (χ0n) is 17.7. The highest BCUT2D eigenvalue weighted by molar-refractivity contribution is 6.09. The van der Waals surface area contributed by atoms with E-state index in [9.17, 15) is 9.59 Å². The molecule has 1 N–H and O–H groups in total. The molecule has 3 heterocycles. The molecule has 6 rings (SSSR count). The van der Waals surface area contributed by atoms with Crippen molar-refractivity contribution in [1.29, 1.82) is 0 Å². The number of allylic oxidation sites excluding steroid dienone is 1. The SMILES string of the molecule is COc1ccc2c(c1)C(=C1CC1)N(C[C@@]1(c3cnn(C4CCC4)c3)CC(=O)NC1=O)C2. The fraction of sp³-hybridized carbons (Fsp3) is 0.458. The second-order valence-corrected chi connectivity index (χ2v) is 9.26. The Bertz CT molecular complexity index is 1120. The van der Waals surface area contributed by atoms with Crippen LogP contribution < -0.4 is 10.1 Å². The van der Waals surface area contributed by atoms with E-state index in [2.05, 4.69) is 27.4 Å². The van der Waals surface area contributed by atoms with E-state index in [1.807, 2.05) is 16.9 Å². The van der Waals surface area contributed by atoms with E-state index in [1.165, 1.54) is 28.8 Å². The summed E-state index contributed by atoms with van der Waals surface area (Å²) in [4.78, 5) is 27.8. The van der Waals surface area contributed by atoms with Gasteiger partial charge in [-0.05, 0) is 55.4 Å². The molecule has 0 spiro atoms. The molecular formula is C24H26N4O3. The lowest BCUT2D eigenvalue weighted by atomic mass is 9.79. The van der Waals surface area contributed by atoms with E-state index in [4.69, 9.17) is 4.74 Å². The maximum absolute atomic E-state index is 13.2. The van der Waals surface area contributed by atoms with Crippen LogP contribution in [0.2, 0.25) is 0 Å². The monoisotopic (exact) mass is 418 g/mol. The van der Waals surface area contributed by atoms with Crippen LogP contribution >= 0.6 is 0 Å². The van der Waals surface area contributed by atoms with E-state index >= 15 is 0 Å². The van der Waals surface area contributed by atoms with Crippen molar-refractivity contribution in [3.63, 3.8) is 0 Å². The van der Waals surface area contributed by atoms with Crippen molar-refractivity contribution >= 4 is 17.5 Å². The molecule has 0 radical (unpaired) electrons. The molecule has 7 nitrogen and oxygen atoms in total. The van der Waals surface area contributed by atoms with Crippen molar-refractivity contribution < 1.29 is 14.3 Å². The summed E-state index contributed by atoms with van der Waals surface area (Å²) in [5, 5.41) is 7.14. The third-order valence-electron chi connectivity index (χ3n) is 7.30. The van der Waals surface area contributed by atoms with Gasteiger partial charge >= 0.3 is 0 Å². The number of benzene rings is 1. The van der Waals surface area contributed by atoms with E-state index in [0.29, 0.717) is 12.6 Å². The van der Waals surface area contributed by atoms with Crippen LogP contribution in [0, 0.1) is 0 Å². The molecule has 2 saturated carbocycles. The van der Waals surface area contributed by atoms with Crippen LogP contribution in [-0.2, 0) is 21.5 Å². The third-order valence-corrected chi connectivity index (χ3v) is 7.30. The molecule has 31 heavy (non-hydrogen) atoms. The second kappa shape index (κ2) is 6.70. The highest BCUT2D eigenvalue weighted by Crippen LogP contribution is 2.47. The fourth-order valence-corrected chi connectivity index (χ4v) is 5.20. The average molecular weight is 418 g/mol. The zero-order valence-corrected chi connectivity index (χ0v) is 17.7.